The molecule has 3 rings (SSSR count). The minimum atomic E-state index is -0.254. The summed E-state index contributed by atoms with van der Waals surface area (Å²) in [4.78, 5) is 2.61. The molecule has 2 heterocycles. The summed E-state index contributed by atoms with van der Waals surface area (Å²) < 4.78 is 12.7. The van der Waals surface area contributed by atoms with Crippen molar-refractivity contribution in [2.24, 2.45) is 22.7 Å². The van der Waals surface area contributed by atoms with Gasteiger partial charge in [-0.05, 0) is 61.4 Å². The van der Waals surface area contributed by atoms with E-state index in [1.807, 2.05) is 0 Å². The Balaban J connectivity index is 1.44. The van der Waals surface area contributed by atoms with Gasteiger partial charge < -0.3 is 14.4 Å². The minimum absolute atomic E-state index is 0.254. The van der Waals surface area contributed by atoms with E-state index in [1.54, 1.807) is 0 Å². The van der Waals surface area contributed by atoms with Gasteiger partial charge in [-0.2, -0.15) is 0 Å². The molecule has 3 nitrogen and oxygen atoms in total. The van der Waals surface area contributed by atoms with Gasteiger partial charge in [0.15, 0.2) is 5.79 Å². The van der Waals surface area contributed by atoms with Gasteiger partial charge in [-0.1, -0.05) is 41.5 Å². The summed E-state index contributed by atoms with van der Waals surface area (Å²) >= 11 is 0. The molecule has 3 heteroatoms. The molecular weight excluding hydrogens is 310 g/mol. The molecule has 3 fully saturated rings. The first-order valence-electron chi connectivity index (χ1n) is 10.6. The first kappa shape index (κ1) is 19.6. The average molecular weight is 352 g/mol. The van der Waals surface area contributed by atoms with E-state index in [-0.39, 0.29) is 11.9 Å². The third-order valence-corrected chi connectivity index (χ3v) is 7.16. The van der Waals surface area contributed by atoms with E-state index >= 15 is 0 Å². The van der Waals surface area contributed by atoms with Crippen molar-refractivity contribution >= 4 is 0 Å². The lowest BCUT2D eigenvalue weighted by atomic mass is 9.71. The number of ether oxygens (including phenoxy) is 2. The van der Waals surface area contributed by atoms with Crippen molar-refractivity contribution in [1.29, 1.82) is 0 Å². The van der Waals surface area contributed by atoms with E-state index in [0.29, 0.717) is 10.8 Å². The molecule has 0 aromatic heterocycles. The molecular formula is C22H41NO2. The van der Waals surface area contributed by atoms with E-state index < -0.39 is 0 Å². The molecule has 1 aliphatic carbocycles. The molecule has 0 aromatic carbocycles. The zero-order chi connectivity index (χ0) is 18.3. The third-order valence-electron chi connectivity index (χ3n) is 7.16. The van der Waals surface area contributed by atoms with Crippen molar-refractivity contribution in [1.82, 2.24) is 4.90 Å². The predicted octanol–water partition coefficient (Wildman–Crippen LogP) is 5.09. The van der Waals surface area contributed by atoms with Crippen LogP contribution in [0.1, 0.15) is 80.1 Å². The average Bonchev–Trinajstić information content (AvgIpc) is 2.89. The number of piperidine rings is 1. The molecule has 1 saturated carbocycles. The summed E-state index contributed by atoms with van der Waals surface area (Å²) in [6.45, 7) is 18.6. The summed E-state index contributed by atoms with van der Waals surface area (Å²) in [5, 5.41) is 0. The van der Waals surface area contributed by atoms with Crippen LogP contribution in [0.25, 0.3) is 0 Å². The van der Waals surface area contributed by atoms with Crippen molar-refractivity contribution in [3.8, 4) is 0 Å². The van der Waals surface area contributed by atoms with Gasteiger partial charge in [0, 0.05) is 19.4 Å². The van der Waals surface area contributed by atoms with E-state index in [2.05, 4.69) is 46.4 Å². The highest BCUT2D eigenvalue weighted by Gasteiger charge is 2.46. The van der Waals surface area contributed by atoms with Gasteiger partial charge in [-0.3, -0.25) is 0 Å². The normalized spacial score (nSPS) is 36.2. The minimum Gasteiger partial charge on any atom is -0.347 e. The first-order chi connectivity index (χ1) is 11.6. The smallest absolute Gasteiger partial charge is 0.168 e. The Hall–Kier alpha value is -0.120. The van der Waals surface area contributed by atoms with E-state index in [4.69, 9.17) is 9.47 Å². The van der Waals surface area contributed by atoms with Crippen LogP contribution in [0, 0.1) is 22.7 Å². The fourth-order valence-electron chi connectivity index (χ4n) is 5.16. The van der Waals surface area contributed by atoms with Crippen LogP contribution >= 0.6 is 0 Å². The largest absolute Gasteiger partial charge is 0.347 e. The molecule has 2 saturated heterocycles. The molecule has 0 bridgehead atoms. The second-order valence-corrected chi connectivity index (χ2v) is 11.0. The molecule has 1 spiro atoms. The highest BCUT2D eigenvalue weighted by Crippen LogP contribution is 2.45. The van der Waals surface area contributed by atoms with E-state index in [1.165, 1.54) is 38.8 Å². The second kappa shape index (κ2) is 7.13. The van der Waals surface area contributed by atoms with Crippen LogP contribution in [0.2, 0.25) is 0 Å². The van der Waals surface area contributed by atoms with Gasteiger partial charge in [-0.25, -0.2) is 0 Å². The van der Waals surface area contributed by atoms with Gasteiger partial charge in [0.25, 0.3) is 0 Å². The topological polar surface area (TPSA) is 21.7 Å². The molecule has 146 valence electrons. The van der Waals surface area contributed by atoms with Crippen LogP contribution < -0.4 is 0 Å². The number of hydrogen-bond donors (Lipinski definition) is 0. The van der Waals surface area contributed by atoms with Gasteiger partial charge in [0.1, 0.15) is 0 Å². The lowest BCUT2D eigenvalue weighted by Gasteiger charge is -2.41. The predicted molar refractivity (Wildman–Crippen MR) is 104 cm³/mol. The first-order valence-corrected chi connectivity index (χ1v) is 10.6. The van der Waals surface area contributed by atoms with Gasteiger partial charge in [0.05, 0.1) is 12.7 Å². The molecule has 0 radical (unpaired) electrons. The highest BCUT2D eigenvalue weighted by molar-refractivity contribution is 4.90. The molecule has 0 aromatic rings. The fourth-order valence-corrected chi connectivity index (χ4v) is 5.16. The van der Waals surface area contributed by atoms with Crippen molar-refractivity contribution in [3.63, 3.8) is 0 Å². The quantitative estimate of drug-likeness (QED) is 0.691. The summed E-state index contributed by atoms with van der Waals surface area (Å²) in [5.41, 5.74) is 0.867. The summed E-state index contributed by atoms with van der Waals surface area (Å²) in [7, 11) is 0. The zero-order valence-electron chi connectivity index (χ0n) is 17.6. The van der Waals surface area contributed by atoms with E-state index in [9.17, 15) is 0 Å². The molecule has 0 amide bonds. The van der Waals surface area contributed by atoms with Crippen LogP contribution in [0.3, 0.4) is 0 Å². The Bertz CT molecular complexity index is 432. The van der Waals surface area contributed by atoms with Gasteiger partial charge in [0.2, 0.25) is 0 Å². The number of likely N-dealkylation sites (tertiary alicyclic amines) is 1. The standard InChI is InChI=1S/C22H41NO2/c1-20(2,3)17-7-11-22(12-8-17)24-16-19(25-22)15-23-13-9-18(10-14-23)21(4,5)6/h17-19H,7-16H2,1-6H3. The number of nitrogens with zero attached hydrogens (tertiary/aromatic N) is 1. The number of hydrogen-bond acceptors (Lipinski definition) is 3. The lowest BCUT2D eigenvalue weighted by molar-refractivity contribution is -0.198. The SMILES string of the molecule is CC(C)(C)C1CCN(CC2COC3(CCC(C(C)(C)C)CC3)O2)CC1. The Labute approximate surface area is 155 Å². The summed E-state index contributed by atoms with van der Waals surface area (Å²) in [6, 6.07) is 0. The maximum absolute atomic E-state index is 6.48. The molecule has 2 aliphatic heterocycles. The van der Waals surface area contributed by atoms with Crippen molar-refractivity contribution in [2.75, 3.05) is 26.2 Å². The van der Waals surface area contributed by atoms with Crippen LogP contribution in [0.5, 0.6) is 0 Å². The van der Waals surface area contributed by atoms with Crippen molar-refractivity contribution < 1.29 is 9.47 Å². The Morgan fingerprint density at radius 2 is 1.36 bits per heavy atom. The van der Waals surface area contributed by atoms with Crippen LogP contribution in [-0.4, -0.2) is 43.0 Å². The Morgan fingerprint density at radius 3 is 1.88 bits per heavy atom. The zero-order valence-corrected chi connectivity index (χ0v) is 17.6. The van der Waals surface area contributed by atoms with Crippen molar-refractivity contribution in [2.45, 2.75) is 92.0 Å². The van der Waals surface area contributed by atoms with Crippen LogP contribution in [0.15, 0.2) is 0 Å². The maximum Gasteiger partial charge on any atom is 0.168 e. The van der Waals surface area contributed by atoms with Gasteiger partial charge in [-0.15, -0.1) is 0 Å². The van der Waals surface area contributed by atoms with Crippen LogP contribution in [0.4, 0.5) is 0 Å². The Kier molecular flexibility index (Phi) is 5.60. The fraction of sp³-hybridized carbons (Fsp3) is 1.00. The summed E-state index contributed by atoms with van der Waals surface area (Å²) in [6.07, 6.45) is 7.58. The Morgan fingerprint density at radius 1 is 0.840 bits per heavy atom. The van der Waals surface area contributed by atoms with Crippen molar-refractivity contribution in [3.05, 3.63) is 0 Å². The lowest BCUT2D eigenvalue weighted by Crippen LogP contribution is -2.43. The monoisotopic (exact) mass is 351 g/mol. The maximum atomic E-state index is 6.48. The third kappa shape index (κ3) is 4.78. The van der Waals surface area contributed by atoms with Crippen LogP contribution in [-0.2, 0) is 9.47 Å². The molecule has 3 aliphatic rings. The molecule has 1 unspecified atom stereocenters. The van der Waals surface area contributed by atoms with E-state index in [0.717, 1.165) is 37.8 Å². The highest BCUT2D eigenvalue weighted by atomic mass is 16.7. The second-order valence-electron chi connectivity index (χ2n) is 11.0. The molecule has 0 N–H and O–H groups in total. The summed E-state index contributed by atoms with van der Waals surface area (Å²) in [5.74, 6) is 1.42. The molecule has 1 atom stereocenters. The molecule has 25 heavy (non-hydrogen) atoms. The van der Waals surface area contributed by atoms with Gasteiger partial charge >= 0.3 is 0 Å². The number of rotatable bonds is 2.